The number of alkyl halides is 3. The second-order valence-corrected chi connectivity index (χ2v) is 19.0. The van der Waals surface area contributed by atoms with Crippen molar-refractivity contribution in [3.63, 3.8) is 0 Å². The predicted molar refractivity (Wildman–Crippen MR) is 174 cm³/mol. The first-order chi connectivity index (χ1) is 21.6. The van der Waals surface area contributed by atoms with Gasteiger partial charge in [-0.15, -0.1) is 0 Å². The molecule has 0 aliphatic carbocycles. The van der Waals surface area contributed by atoms with E-state index in [1.54, 1.807) is 25.2 Å². The molecule has 1 aromatic carbocycles. The van der Waals surface area contributed by atoms with E-state index in [0.717, 1.165) is 29.1 Å². The molecule has 0 unspecified atom stereocenters. The molecule has 0 bridgehead atoms. The van der Waals surface area contributed by atoms with E-state index in [0.29, 0.717) is 48.3 Å². The van der Waals surface area contributed by atoms with Gasteiger partial charge in [-0.1, -0.05) is 36.9 Å². The van der Waals surface area contributed by atoms with E-state index in [-0.39, 0.29) is 36.2 Å². The summed E-state index contributed by atoms with van der Waals surface area (Å²) in [6.45, 7) is 12.2. The maximum atomic E-state index is 14.4. The molecule has 3 aromatic heterocycles. The van der Waals surface area contributed by atoms with Crippen LogP contribution in [0.25, 0.3) is 33.3 Å². The van der Waals surface area contributed by atoms with Crippen LogP contribution in [0.4, 0.5) is 19.1 Å². The summed E-state index contributed by atoms with van der Waals surface area (Å²) < 4.78 is 56.6. The smallest absolute Gasteiger partial charge is 0.361 e. The third-order valence-electron chi connectivity index (χ3n) is 8.25. The molecule has 46 heavy (non-hydrogen) atoms. The number of aromatic nitrogens is 4. The first-order valence-electron chi connectivity index (χ1n) is 15.4. The van der Waals surface area contributed by atoms with Crippen LogP contribution in [0.3, 0.4) is 0 Å². The Kier molecular flexibility index (Phi) is 9.62. The molecule has 0 saturated carbocycles. The Morgan fingerprint density at radius 1 is 1.22 bits per heavy atom. The van der Waals surface area contributed by atoms with Crippen LogP contribution < -0.4 is 10.6 Å². The van der Waals surface area contributed by atoms with Crippen molar-refractivity contribution in [2.45, 2.75) is 64.9 Å². The van der Waals surface area contributed by atoms with Crippen LogP contribution in [0.15, 0.2) is 35.1 Å². The molecule has 2 atom stereocenters. The van der Waals surface area contributed by atoms with E-state index in [9.17, 15) is 18.0 Å². The average molecular weight is 658 g/mol. The molecule has 5 rings (SSSR count). The Labute approximate surface area is 267 Å². The zero-order chi connectivity index (χ0) is 33.4. The number of nitrogens with one attached hydrogen (secondary N) is 2. The number of hydrogen-bond donors (Lipinski definition) is 2. The largest absolute Gasteiger partial charge is 0.419 e. The summed E-state index contributed by atoms with van der Waals surface area (Å²) in [5, 5.41) is 11.1. The van der Waals surface area contributed by atoms with Gasteiger partial charge in [-0.3, -0.25) is 4.79 Å². The van der Waals surface area contributed by atoms with Crippen molar-refractivity contribution in [2.75, 3.05) is 39.1 Å². The van der Waals surface area contributed by atoms with Gasteiger partial charge in [0.1, 0.15) is 18.1 Å². The number of anilines is 1. The van der Waals surface area contributed by atoms with Crippen LogP contribution in [0.2, 0.25) is 25.7 Å². The molecule has 1 aliphatic rings. The molecule has 14 heteroatoms. The number of carbonyl (C=O) groups excluding carboxylic acids is 1. The number of piperidine rings is 1. The summed E-state index contributed by atoms with van der Waals surface area (Å²) in [7, 11) is 2.06. The van der Waals surface area contributed by atoms with Gasteiger partial charge < -0.3 is 29.4 Å². The number of hydrogen-bond acceptors (Lipinski definition) is 8. The first-order valence-corrected chi connectivity index (χ1v) is 19.1. The summed E-state index contributed by atoms with van der Waals surface area (Å²) in [6, 6.07) is 6.31. The molecule has 4 aromatic rings. The fraction of sp³-hybridized carbons (Fsp3) is 0.500. The molecule has 4 heterocycles. The number of fused-ring (bicyclic) bond motifs is 1. The highest BCUT2D eigenvalue weighted by atomic mass is 28.3. The van der Waals surface area contributed by atoms with Crippen molar-refractivity contribution in [1.29, 1.82) is 0 Å². The van der Waals surface area contributed by atoms with Gasteiger partial charge >= 0.3 is 6.18 Å². The lowest BCUT2D eigenvalue weighted by atomic mass is 9.94. The highest BCUT2D eigenvalue weighted by molar-refractivity contribution is 6.76. The average Bonchev–Trinajstić information content (AvgIpc) is 3.52. The summed E-state index contributed by atoms with van der Waals surface area (Å²) in [4.78, 5) is 22.6. The van der Waals surface area contributed by atoms with Crippen LogP contribution in [0.5, 0.6) is 0 Å². The Morgan fingerprint density at radius 3 is 2.63 bits per heavy atom. The van der Waals surface area contributed by atoms with E-state index in [1.165, 1.54) is 0 Å². The summed E-state index contributed by atoms with van der Waals surface area (Å²) in [5.74, 6) is 0.441. The minimum Gasteiger partial charge on any atom is -0.361 e. The quantitative estimate of drug-likeness (QED) is 0.154. The van der Waals surface area contributed by atoms with E-state index in [1.807, 2.05) is 36.6 Å². The molecule has 0 radical (unpaired) electrons. The zero-order valence-corrected chi connectivity index (χ0v) is 28.4. The van der Waals surface area contributed by atoms with Crippen molar-refractivity contribution in [2.24, 2.45) is 5.92 Å². The van der Waals surface area contributed by atoms with Gasteiger partial charge in [0.25, 0.3) is 0 Å². The van der Waals surface area contributed by atoms with Gasteiger partial charge in [0.15, 0.2) is 0 Å². The number of ether oxygens (including phenoxy) is 1. The van der Waals surface area contributed by atoms with Gasteiger partial charge in [0, 0.05) is 76.8 Å². The lowest BCUT2D eigenvalue weighted by Gasteiger charge is -2.31. The molecule has 10 nitrogen and oxygen atoms in total. The molecular weight excluding hydrogens is 615 g/mol. The highest BCUT2D eigenvalue weighted by Crippen LogP contribution is 2.41. The van der Waals surface area contributed by atoms with Crippen molar-refractivity contribution >= 4 is 30.8 Å². The number of aryl methyl sites for hydroxylation is 2. The lowest BCUT2D eigenvalue weighted by Crippen LogP contribution is -2.48. The fourth-order valence-corrected chi connectivity index (χ4v) is 6.59. The second kappa shape index (κ2) is 13.2. The minimum absolute atomic E-state index is 0.0103. The number of amides is 1. The molecule has 1 amide bonds. The maximum absolute atomic E-state index is 14.4. The third-order valence-corrected chi connectivity index (χ3v) is 9.96. The zero-order valence-electron chi connectivity index (χ0n) is 27.4. The summed E-state index contributed by atoms with van der Waals surface area (Å²) in [5.41, 5.74) is 2.24. The monoisotopic (exact) mass is 657 g/mol. The number of carbonyl (C=O) groups is 1. The standard InChI is InChI=1S/C32H42F3N7O3Si/c1-19-28(20(2)45-40-19)21-8-9-24-25(17-42(27(24)13-21)18-44-10-11-46(5,6)7)29-26(32(33,34)35)16-37-31(39-29)38-23-12-22(14-36-15-23)30(43)41(3)4/h8-9,13,16-17,22-23,36H,10-12,14-15,18H2,1-7H3,(H,37,38,39)/t22-,23+/m1/s1. The Balaban J connectivity index is 1.56. The topological polar surface area (TPSA) is 110 Å². The Bertz CT molecular complexity index is 1690. The van der Waals surface area contributed by atoms with Crippen molar-refractivity contribution in [3.8, 4) is 22.4 Å². The van der Waals surface area contributed by atoms with Crippen LogP contribution in [-0.4, -0.2) is 78.4 Å². The van der Waals surface area contributed by atoms with Crippen LogP contribution in [0.1, 0.15) is 23.4 Å². The fourth-order valence-electron chi connectivity index (χ4n) is 5.83. The van der Waals surface area contributed by atoms with E-state index >= 15 is 0 Å². The van der Waals surface area contributed by atoms with Gasteiger partial charge in [0.05, 0.1) is 22.8 Å². The van der Waals surface area contributed by atoms with Gasteiger partial charge in [0.2, 0.25) is 11.9 Å². The van der Waals surface area contributed by atoms with Gasteiger partial charge in [-0.05, 0) is 37.9 Å². The molecule has 1 saturated heterocycles. The number of nitrogens with zero attached hydrogens (tertiary/aromatic N) is 5. The molecule has 1 fully saturated rings. The van der Waals surface area contributed by atoms with Crippen LogP contribution in [-0.2, 0) is 22.4 Å². The minimum atomic E-state index is -4.69. The number of rotatable bonds is 10. The Morgan fingerprint density at radius 2 is 1.98 bits per heavy atom. The second-order valence-electron chi connectivity index (χ2n) is 13.4. The van der Waals surface area contributed by atoms with Gasteiger partial charge in [-0.25, -0.2) is 9.97 Å². The Hall–Kier alpha value is -3.75. The SMILES string of the molecule is Cc1noc(C)c1-c1ccc2c(-c3nc(N[C@@H]4CNC[C@H](C(=O)N(C)C)C4)ncc3C(F)(F)F)cn(COCC[Si](C)(C)C)c2c1. The maximum Gasteiger partial charge on any atom is 0.419 e. The van der Waals surface area contributed by atoms with E-state index < -0.39 is 19.8 Å². The van der Waals surface area contributed by atoms with E-state index in [2.05, 4.69) is 45.4 Å². The van der Waals surface area contributed by atoms with E-state index in [4.69, 9.17) is 9.26 Å². The molecule has 0 spiro atoms. The van der Waals surface area contributed by atoms with Crippen LogP contribution >= 0.6 is 0 Å². The third kappa shape index (κ3) is 7.45. The molecule has 1 aliphatic heterocycles. The predicted octanol–water partition coefficient (Wildman–Crippen LogP) is 6.18. The van der Waals surface area contributed by atoms with Crippen molar-refractivity contribution in [3.05, 3.63) is 47.6 Å². The summed E-state index contributed by atoms with van der Waals surface area (Å²) >= 11 is 0. The molecular formula is C32H42F3N7O3Si. The van der Waals surface area contributed by atoms with Crippen molar-refractivity contribution in [1.82, 2.24) is 29.9 Å². The summed E-state index contributed by atoms with van der Waals surface area (Å²) in [6.07, 6.45) is -1.69. The molecule has 2 N–H and O–H groups in total. The molecule has 248 valence electrons. The lowest BCUT2D eigenvalue weighted by molar-refractivity contribution is -0.137. The van der Waals surface area contributed by atoms with Gasteiger partial charge in [-0.2, -0.15) is 13.2 Å². The highest BCUT2D eigenvalue weighted by Gasteiger charge is 2.37. The van der Waals surface area contributed by atoms with Crippen LogP contribution in [0, 0.1) is 19.8 Å². The number of benzene rings is 1. The van der Waals surface area contributed by atoms with Crippen molar-refractivity contribution < 1.29 is 27.2 Å². The number of halogens is 3. The first kappa shape index (κ1) is 33.6. The normalized spacial score (nSPS) is 17.4.